The summed E-state index contributed by atoms with van der Waals surface area (Å²) >= 11 is 1.33. The summed E-state index contributed by atoms with van der Waals surface area (Å²) in [6.07, 6.45) is 0.863. The Balaban J connectivity index is 1.49. The van der Waals surface area contributed by atoms with Gasteiger partial charge in [-0.25, -0.2) is 0 Å². The maximum absolute atomic E-state index is 12.3. The fourth-order valence-corrected chi connectivity index (χ4v) is 3.36. The second kappa shape index (κ2) is 10.6. The Labute approximate surface area is 179 Å². The number of methoxy groups -OCH3 is 1. The quantitative estimate of drug-likeness (QED) is 0.489. The van der Waals surface area contributed by atoms with Crippen LogP contribution in [0.15, 0.2) is 41.3 Å². The van der Waals surface area contributed by atoms with Crippen molar-refractivity contribution in [3.05, 3.63) is 42.0 Å². The van der Waals surface area contributed by atoms with Crippen LogP contribution in [0.3, 0.4) is 0 Å². The zero-order valence-electron chi connectivity index (χ0n) is 16.9. The molecule has 1 aliphatic heterocycles. The van der Waals surface area contributed by atoms with Crippen molar-refractivity contribution in [3.8, 4) is 23.0 Å². The van der Waals surface area contributed by atoms with Crippen LogP contribution < -0.4 is 29.8 Å². The highest BCUT2D eigenvalue weighted by Crippen LogP contribution is 2.34. The number of amides is 2. The number of ether oxygens (including phenoxy) is 4. The van der Waals surface area contributed by atoms with Gasteiger partial charge in [0, 0.05) is 10.5 Å². The predicted molar refractivity (Wildman–Crippen MR) is 113 cm³/mol. The minimum absolute atomic E-state index is 0.132. The molecule has 0 fully saturated rings. The normalized spacial score (nSPS) is 12.1. The smallest absolute Gasteiger partial charge is 0.269 e. The van der Waals surface area contributed by atoms with Crippen molar-refractivity contribution >= 4 is 23.6 Å². The van der Waals surface area contributed by atoms with Crippen molar-refractivity contribution in [1.29, 1.82) is 0 Å². The van der Waals surface area contributed by atoms with Crippen LogP contribution in [-0.4, -0.2) is 44.5 Å². The Morgan fingerprint density at radius 2 is 1.83 bits per heavy atom. The second-order valence-corrected chi connectivity index (χ2v) is 7.36. The third-order valence-electron chi connectivity index (χ3n) is 4.09. The number of benzene rings is 2. The number of thioether (sulfide) groups is 1. The van der Waals surface area contributed by atoms with Crippen LogP contribution in [-0.2, 0) is 4.79 Å². The minimum Gasteiger partial charge on any atom is -0.493 e. The summed E-state index contributed by atoms with van der Waals surface area (Å²) in [4.78, 5) is 25.3. The standard InChI is InChI=1S/C21H24N2O6S/c1-3-8-27-16-6-4-14(11-18(16)26-2)21(25)23-22-20(24)13-30-15-5-7-17-19(12-15)29-10-9-28-17/h4-7,11-12H,3,8-10,13H2,1-2H3,(H,22,24)(H,23,25). The summed E-state index contributed by atoms with van der Waals surface area (Å²) in [5.41, 5.74) is 5.16. The van der Waals surface area contributed by atoms with Gasteiger partial charge in [-0.15, -0.1) is 11.8 Å². The van der Waals surface area contributed by atoms with Crippen LogP contribution in [0.5, 0.6) is 23.0 Å². The molecular formula is C21H24N2O6S. The molecule has 0 aromatic heterocycles. The van der Waals surface area contributed by atoms with Gasteiger partial charge in [-0.1, -0.05) is 6.92 Å². The average Bonchev–Trinajstić information content (AvgIpc) is 2.79. The molecule has 8 nitrogen and oxygen atoms in total. The molecule has 2 aromatic carbocycles. The molecule has 0 saturated heterocycles. The molecule has 0 bridgehead atoms. The van der Waals surface area contributed by atoms with E-state index in [1.165, 1.54) is 18.9 Å². The Hall–Kier alpha value is -3.07. The van der Waals surface area contributed by atoms with Crippen LogP contribution in [0.2, 0.25) is 0 Å². The van der Waals surface area contributed by atoms with Gasteiger partial charge in [0.1, 0.15) is 13.2 Å². The van der Waals surface area contributed by atoms with Crippen molar-refractivity contribution in [1.82, 2.24) is 10.9 Å². The molecule has 0 saturated carbocycles. The summed E-state index contributed by atoms with van der Waals surface area (Å²) in [5.74, 6) is 1.73. The van der Waals surface area contributed by atoms with Gasteiger partial charge in [-0.05, 0) is 42.8 Å². The molecule has 160 valence electrons. The van der Waals surface area contributed by atoms with Gasteiger partial charge >= 0.3 is 0 Å². The van der Waals surface area contributed by atoms with E-state index in [1.54, 1.807) is 18.2 Å². The molecule has 2 aromatic rings. The number of rotatable bonds is 8. The zero-order chi connectivity index (χ0) is 21.3. The van der Waals surface area contributed by atoms with Crippen molar-refractivity contribution in [3.63, 3.8) is 0 Å². The summed E-state index contributed by atoms with van der Waals surface area (Å²) < 4.78 is 21.9. The van der Waals surface area contributed by atoms with E-state index in [-0.39, 0.29) is 11.7 Å². The van der Waals surface area contributed by atoms with Crippen LogP contribution >= 0.6 is 11.8 Å². The summed E-state index contributed by atoms with van der Waals surface area (Å²) in [6.45, 7) is 3.59. The molecule has 1 aliphatic rings. The fraction of sp³-hybridized carbons (Fsp3) is 0.333. The van der Waals surface area contributed by atoms with Gasteiger partial charge < -0.3 is 18.9 Å². The molecular weight excluding hydrogens is 408 g/mol. The number of carbonyl (C=O) groups is 2. The first kappa shape index (κ1) is 21.6. The molecule has 9 heteroatoms. The molecule has 2 N–H and O–H groups in total. The molecule has 2 amide bonds. The van der Waals surface area contributed by atoms with Gasteiger partial charge in [0.2, 0.25) is 5.91 Å². The van der Waals surface area contributed by atoms with E-state index in [2.05, 4.69) is 10.9 Å². The summed E-state index contributed by atoms with van der Waals surface area (Å²) in [7, 11) is 1.51. The number of hydrogen-bond acceptors (Lipinski definition) is 7. The molecule has 0 unspecified atom stereocenters. The van der Waals surface area contributed by atoms with E-state index in [4.69, 9.17) is 18.9 Å². The van der Waals surface area contributed by atoms with Crippen molar-refractivity contribution < 1.29 is 28.5 Å². The third kappa shape index (κ3) is 5.73. The third-order valence-corrected chi connectivity index (χ3v) is 5.08. The molecule has 0 aliphatic carbocycles. The molecule has 0 spiro atoms. The van der Waals surface area contributed by atoms with E-state index in [1.807, 2.05) is 25.1 Å². The van der Waals surface area contributed by atoms with Crippen molar-refractivity contribution in [2.75, 3.05) is 32.7 Å². The SMILES string of the molecule is CCCOc1ccc(C(=O)NNC(=O)CSc2ccc3c(c2)OCCO3)cc1OC. The Kier molecular flexibility index (Phi) is 7.67. The first-order valence-corrected chi connectivity index (χ1v) is 10.5. The van der Waals surface area contributed by atoms with Crippen LogP contribution in [0.25, 0.3) is 0 Å². The average molecular weight is 432 g/mol. The van der Waals surface area contributed by atoms with E-state index < -0.39 is 5.91 Å². The number of fused-ring (bicyclic) bond motifs is 1. The van der Waals surface area contributed by atoms with Gasteiger partial charge in [-0.2, -0.15) is 0 Å². The second-order valence-electron chi connectivity index (χ2n) is 6.31. The lowest BCUT2D eigenvalue weighted by molar-refractivity contribution is -0.119. The van der Waals surface area contributed by atoms with Gasteiger partial charge in [-0.3, -0.25) is 20.4 Å². The van der Waals surface area contributed by atoms with Crippen LogP contribution in [0.1, 0.15) is 23.7 Å². The first-order chi connectivity index (χ1) is 14.6. The number of carbonyl (C=O) groups excluding carboxylic acids is 2. The molecule has 3 rings (SSSR count). The van der Waals surface area contributed by atoms with Crippen molar-refractivity contribution in [2.45, 2.75) is 18.2 Å². The monoisotopic (exact) mass is 432 g/mol. The van der Waals surface area contributed by atoms with Gasteiger partial charge in [0.15, 0.2) is 23.0 Å². The first-order valence-electron chi connectivity index (χ1n) is 9.53. The van der Waals surface area contributed by atoms with Crippen LogP contribution in [0, 0.1) is 0 Å². The Morgan fingerprint density at radius 1 is 1.03 bits per heavy atom. The topological polar surface area (TPSA) is 95.1 Å². The van der Waals surface area contributed by atoms with Gasteiger partial charge in [0.05, 0.1) is 19.5 Å². The van der Waals surface area contributed by atoms with Crippen LogP contribution in [0.4, 0.5) is 0 Å². The zero-order valence-corrected chi connectivity index (χ0v) is 17.7. The fourth-order valence-electron chi connectivity index (χ4n) is 2.64. The molecule has 0 atom stereocenters. The predicted octanol–water partition coefficient (Wildman–Crippen LogP) is 2.81. The summed E-state index contributed by atoms with van der Waals surface area (Å²) in [5, 5.41) is 0. The molecule has 1 heterocycles. The lowest BCUT2D eigenvalue weighted by Crippen LogP contribution is -2.42. The number of hydrazine groups is 1. The lowest BCUT2D eigenvalue weighted by Gasteiger charge is -2.18. The van der Waals surface area contributed by atoms with E-state index in [9.17, 15) is 9.59 Å². The Bertz CT molecular complexity index is 905. The number of hydrogen-bond donors (Lipinski definition) is 2. The largest absolute Gasteiger partial charge is 0.493 e. The maximum atomic E-state index is 12.3. The van der Waals surface area contributed by atoms with Gasteiger partial charge in [0.25, 0.3) is 5.91 Å². The van der Waals surface area contributed by atoms with E-state index >= 15 is 0 Å². The molecule has 30 heavy (non-hydrogen) atoms. The highest BCUT2D eigenvalue weighted by atomic mass is 32.2. The molecule has 0 radical (unpaired) electrons. The van der Waals surface area contributed by atoms with E-state index in [0.717, 1.165) is 11.3 Å². The highest BCUT2D eigenvalue weighted by Gasteiger charge is 2.14. The van der Waals surface area contributed by atoms with E-state index in [0.29, 0.717) is 48.4 Å². The lowest BCUT2D eigenvalue weighted by atomic mass is 10.2. The highest BCUT2D eigenvalue weighted by molar-refractivity contribution is 8.00. The minimum atomic E-state index is -0.451. The maximum Gasteiger partial charge on any atom is 0.269 e. The number of nitrogens with one attached hydrogen (secondary N) is 2. The summed E-state index contributed by atoms with van der Waals surface area (Å²) in [6, 6.07) is 10.4. The Morgan fingerprint density at radius 3 is 2.60 bits per heavy atom. The van der Waals surface area contributed by atoms with Crippen molar-refractivity contribution in [2.24, 2.45) is 0 Å².